The van der Waals surface area contributed by atoms with Gasteiger partial charge in [0.15, 0.2) is 0 Å². The topological polar surface area (TPSA) is 40.5 Å². The van der Waals surface area contributed by atoms with Gasteiger partial charge in [0.25, 0.3) is 0 Å². The third-order valence-corrected chi connectivity index (χ3v) is 5.14. The number of aromatic hydroxyl groups is 1. The van der Waals surface area contributed by atoms with Crippen molar-refractivity contribution in [2.24, 2.45) is 11.3 Å². The maximum atomic E-state index is 9.85. The number of hydrogen-bond acceptors (Lipinski definition) is 2. The van der Waals surface area contributed by atoms with Crippen LogP contribution in [0.4, 0.5) is 0 Å². The molecule has 2 aliphatic carbocycles. The van der Waals surface area contributed by atoms with Crippen molar-refractivity contribution in [2.75, 3.05) is 0 Å². The molecule has 0 amide bonds. The van der Waals surface area contributed by atoms with Crippen LogP contribution in [-0.2, 0) is 5.41 Å². The van der Waals surface area contributed by atoms with Gasteiger partial charge in [-0.3, -0.25) is 0 Å². The molecule has 0 radical (unpaired) electrons. The lowest BCUT2D eigenvalue weighted by molar-refractivity contribution is 0.240. The summed E-state index contributed by atoms with van der Waals surface area (Å²) in [6.45, 7) is 6.86. The Bertz CT molecular complexity index is 592. The zero-order valence-electron chi connectivity index (χ0n) is 12.4. The van der Waals surface area contributed by atoms with Gasteiger partial charge in [0, 0.05) is 11.8 Å². The van der Waals surface area contributed by atoms with Crippen molar-refractivity contribution >= 4 is 0 Å². The molecule has 1 fully saturated rings. The standard InChI is InChI=1S/C18H22O2/c1-17(2)11-18(3,12-4-6-13(19)7-5-12)15-9-8-14(20)10-16(15)17/h4-9,16,19-20H,10-11H2,1-3H3. The van der Waals surface area contributed by atoms with E-state index in [1.807, 2.05) is 18.2 Å². The van der Waals surface area contributed by atoms with Gasteiger partial charge in [0.05, 0.1) is 5.76 Å². The third kappa shape index (κ3) is 1.86. The van der Waals surface area contributed by atoms with Gasteiger partial charge in [-0.15, -0.1) is 0 Å². The first-order chi connectivity index (χ1) is 9.33. The van der Waals surface area contributed by atoms with Gasteiger partial charge in [-0.1, -0.05) is 44.6 Å². The molecule has 0 aliphatic heterocycles. The first-order valence-corrected chi connectivity index (χ1v) is 7.23. The van der Waals surface area contributed by atoms with E-state index in [9.17, 15) is 10.2 Å². The monoisotopic (exact) mass is 270 g/mol. The predicted molar refractivity (Wildman–Crippen MR) is 80.8 cm³/mol. The van der Waals surface area contributed by atoms with Crippen molar-refractivity contribution in [2.45, 2.75) is 39.0 Å². The molecule has 2 atom stereocenters. The molecule has 0 saturated heterocycles. The number of aliphatic hydroxyl groups is 1. The fourth-order valence-corrected chi connectivity index (χ4v) is 4.19. The van der Waals surface area contributed by atoms with Crippen LogP contribution in [0.5, 0.6) is 5.75 Å². The summed E-state index contributed by atoms with van der Waals surface area (Å²) in [4.78, 5) is 0. The number of allylic oxidation sites excluding steroid dienone is 4. The summed E-state index contributed by atoms with van der Waals surface area (Å²) in [5, 5.41) is 19.3. The second-order valence-electron chi connectivity index (χ2n) is 7.08. The first kappa shape index (κ1) is 13.3. The van der Waals surface area contributed by atoms with Crippen molar-refractivity contribution in [1.29, 1.82) is 0 Å². The SMILES string of the molecule is CC1(c2ccc(O)cc2)CC(C)(C)C2CC(O)=CC=C21. The van der Waals surface area contributed by atoms with Gasteiger partial charge in [0.2, 0.25) is 0 Å². The summed E-state index contributed by atoms with van der Waals surface area (Å²) in [6, 6.07) is 7.56. The second-order valence-corrected chi connectivity index (χ2v) is 7.08. The molecule has 1 aromatic carbocycles. The number of phenols is 1. The highest BCUT2D eigenvalue weighted by Crippen LogP contribution is 2.60. The molecule has 2 nitrogen and oxygen atoms in total. The van der Waals surface area contributed by atoms with Crippen LogP contribution in [0, 0.1) is 11.3 Å². The molecule has 20 heavy (non-hydrogen) atoms. The summed E-state index contributed by atoms with van der Waals surface area (Å²) < 4.78 is 0. The van der Waals surface area contributed by atoms with E-state index < -0.39 is 0 Å². The van der Waals surface area contributed by atoms with Crippen LogP contribution in [-0.4, -0.2) is 10.2 Å². The lowest BCUT2D eigenvalue weighted by Gasteiger charge is -2.30. The van der Waals surface area contributed by atoms with E-state index in [1.165, 1.54) is 11.1 Å². The molecule has 0 heterocycles. The molecular formula is C18H22O2. The molecule has 1 saturated carbocycles. The lowest BCUT2D eigenvalue weighted by atomic mass is 9.74. The minimum Gasteiger partial charge on any atom is -0.512 e. The summed E-state index contributed by atoms with van der Waals surface area (Å²) in [5.74, 6) is 1.19. The zero-order chi connectivity index (χ0) is 14.5. The average Bonchev–Trinajstić information content (AvgIpc) is 2.58. The summed E-state index contributed by atoms with van der Waals surface area (Å²) >= 11 is 0. The highest BCUT2D eigenvalue weighted by atomic mass is 16.3. The summed E-state index contributed by atoms with van der Waals surface area (Å²) in [7, 11) is 0. The predicted octanol–water partition coefficient (Wildman–Crippen LogP) is 4.47. The van der Waals surface area contributed by atoms with Gasteiger partial charge in [-0.05, 0) is 41.5 Å². The van der Waals surface area contributed by atoms with Crippen LogP contribution in [0.25, 0.3) is 0 Å². The summed E-state index contributed by atoms with van der Waals surface area (Å²) in [6.07, 6.45) is 5.74. The van der Waals surface area contributed by atoms with Gasteiger partial charge in [-0.2, -0.15) is 0 Å². The Morgan fingerprint density at radius 1 is 1.00 bits per heavy atom. The molecule has 106 valence electrons. The van der Waals surface area contributed by atoms with Crippen LogP contribution >= 0.6 is 0 Å². The molecule has 2 N–H and O–H groups in total. The van der Waals surface area contributed by atoms with E-state index in [0.29, 0.717) is 17.4 Å². The Morgan fingerprint density at radius 3 is 2.30 bits per heavy atom. The fraction of sp³-hybridized carbons (Fsp3) is 0.444. The van der Waals surface area contributed by atoms with Gasteiger partial charge in [0.1, 0.15) is 5.75 Å². The van der Waals surface area contributed by atoms with E-state index in [-0.39, 0.29) is 10.8 Å². The summed E-state index contributed by atoms with van der Waals surface area (Å²) in [5.41, 5.74) is 2.80. The fourth-order valence-electron chi connectivity index (χ4n) is 4.19. The normalized spacial score (nSPS) is 31.4. The molecule has 2 heteroatoms. The van der Waals surface area contributed by atoms with Crippen molar-refractivity contribution in [3.05, 3.63) is 53.3 Å². The average molecular weight is 270 g/mol. The van der Waals surface area contributed by atoms with Crippen molar-refractivity contribution < 1.29 is 10.2 Å². The van der Waals surface area contributed by atoms with Gasteiger partial charge < -0.3 is 10.2 Å². The maximum absolute atomic E-state index is 9.85. The van der Waals surface area contributed by atoms with Crippen molar-refractivity contribution in [3.63, 3.8) is 0 Å². The van der Waals surface area contributed by atoms with Gasteiger partial charge in [-0.25, -0.2) is 0 Å². The van der Waals surface area contributed by atoms with Gasteiger partial charge >= 0.3 is 0 Å². The van der Waals surface area contributed by atoms with E-state index >= 15 is 0 Å². The maximum Gasteiger partial charge on any atom is 0.115 e. The Kier molecular flexibility index (Phi) is 2.75. The van der Waals surface area contributed by atoms with Crippen LogP contribution < -0.4 is 0 Å². The Balaban J connectivity index is 2.11. The molecule has 0 bridgehead atoms. The van der Waals surface area contributed by atoms with Crippen LogP contribution in [0.1, 0.15) is 39.2 Å². The van der Waals surface area contributed by atoms with Crippen molar-refractivity contribution in [1.82, 2.24) is 0 Å². The quantitative estimate of drug-likeness (QED) is 0.790. The van der Waals surface area contributed by atoms with E-state index in [4.69, 9.17) is 0 Å². The highest BCUT2D eigenvalue weighted by molar-refractivity contribution is 5.46. The Morgan fingerprint density at radius 2 is 1.65 bits per heavy atom. The zero-order valence-corrected chi connectivity index (χ0v) is 12.4. The van der Waals surface area contributed by atoms with E-state index in [2.05, 4.69) is 26.8 Å². The molecule has 0 spiro atoms. The van der Waals surface area contributed by atoms with Crippen LogP contribution in [0.15, 0.2) is 47.7 Å². The molecule has 2 unspecified atom stereocenters. The molecular weight excluding hydrogens is 248 g/mol. The second kappa shape index (κ2) is 4.15. The number of phenolic OH excluding ortho intramolecular Hbond substituents is 1. The number of fused-ring (bicyclic) bond motifs is 1. The van der Waals surface area contributed by atoms with E-state index in [1.54, 1.807) is 12.1 Å². The smallest absolute Gasteiger partial charge is 0.115 e. The number of rotatable bonds is 1. The minimum atomic E-state index is -0.0148. The molecule has 2 aliphatic rings. The largest absolute Gasteiger partial charge is 0.512 e. The molecule has 3 rings (SSSR count). The molecule has 1 aromatic rings. The van der Waals surface area contributed by atoms with E-state index in [0.717, 1.165) is 12.8 Å². The highest BCUT2D eigenvalue weighted by Gasteiger charge is 2.52. The number of hydrogen-bond donors (Lipinski definition) is 2. The van der Waals surface area contributed by atoms with Crippen LogP contribution in [0.2, 0.25) is 0 Å². The third-order valence-electron chi connectivity index (χ3n) is 5.14. The van der Waals surface area contributed by atoms with Crippen LogP contribution in [0.3, 0.4) is 0 Å². The number of benzene rings is 1. The first-order valence-electron chi connectivity index (χ1n) is 7.23. The lowest BCUT2D eigenvalue weighted by Crippen LogP contribution is -2.22. The minimum absolute atomic E-state index is 0.0148. The number of aliphatic hydroxyl groups excluding tert-OH is 1. The molecule has 0 aromatic heterocycles. The van der Waals surface area contributed by atoms with Crippen molar-refractivity contribution in [3.8, 4) is 5.75 Å². The Hall–Kier alpha value is -1.70. The Labute approximate surface area is 120 Å².